The average Bonchev–Trinajstić information content (AvgIpc) is 2.76. The van der Waals surface area contributed by atoms with E-state index in [1.54, 1.807) is 7.11 Å². The van der Waals surface area contributed by atoms with Gasteiger partial charge in [-0.1, -0.05) is 0 Å². The fourth-order valence-electron chi connectivity index (χ4n) is 3.38. The second-order valence-electron chi connectivity index (χ2n) is 5.19. The van der Waals surface area contributed by atoms with Crippen LogP contribution in [0, 0.1) is 5.92 Å². The largest absolute Gasteiger partial charge is 0.367 e. The lowest BCUT2D eigenvalue weighted by atomic mass is 9.76. The fourth-order valence-corrected chi connectivity index (χ4v) is 3.38. The Labute approximate surface area is 96.6 Å². The van der Waals surface area contributed by atoms with Gasteiger partial charge in [0.25, 0.3) is 0 Å². The maximum Gasteiger partial charge on any atom is 0.170 e. The molecule has 3 rings (SSSR count). The first-order valence-corrected chi connectivity index (χ1v) is 6.38. The van der Waals surface area contributed by atoms with Gasteiger partial charge in [-0.2, -0.15) is 0 Å². The smallest absolute Gasteiger partial charge is 0.170 e. The van der Waals surface area contributed by atoms with Gasteiger partial charge in [0.1, 0.15) is 6.23 Å². The van der Waals surface area contributed by atoms with E-state index in [4.69, 9.17) is 14.2 Å². The summed E-state index contributed by atoms with van der Waals surface area (Å²) in [5, 5.41) is 3.57. The minimum absolute atomic E-state index is 0.220. The fraction of sp³-hybridized carbons (Fsp3) is 1.00. The van der Waals surface area contributed by atoms with Crippen LogP contribution >= 0.6 is 0 Å². The van der Waals surface area contributed by atoms with E-state index in [2.05, 4.69) is 5.32 Å². The molecule has 1 spiro atoms. The van der Waals surface area contributed by atoms with E-state index in [9.17, 15) is 0 Å². The second kappa shape index (κ2) is 4.26. The van der Waals surface area contributed by atoms with E-state index >= 15 is 0 Å². The van der Waals surface area contributed by atoms with Crippen LogP contribution in [0.15, 0.2) is 0 Å². The lowest BCUT2D eigenvalue weighted by Gasteiger charge is -2.45. The highest BCUT2D eigenvalue weighted by molar-refractivity contribution is 4.94. The van der Waals surface area contributed by atoms with Gasteiger partial charge in [0.05, 0.1) is 13.2 Å². The first kappa shape index (κ1) is 11.0. The number of methoxy groups -OCH3 is 1. The van der Waals surface area contributed by atoms with Gasteiger partial charge >= 0.3 is 0 Å². The molecule has 2 aliphatic heterocycles. The first-order valence-electron chi connectivity index (χ1n) is 6.38. The summed E-state index contributed by atoms with van der Waals surface area (Å²) >= 11 is 0. The number of hydrogen-bond acceptors (Lipinski definition) is 4. The van der Waals surface area contributed by atoms with E-state index < -0.39 is 0 Å². The highest BCUT2D eigenvalue weighted by Crippen LogP contribution is 2.41. The van der Waals surface area contributed by atoms with Crippen LogP contribution in [0.25, 0.3) is 0 Å². The molecule has 16 heavy (non-hydrogen) atoms. The topological polar surface area (TPSA) is 39.7 Å². The van der Waals surface area contributed by atoms with Gasteiger partial charge in [-0.05, 0) is 25.2 Å². The van der Waals surface area contributed by atoms with Crippen molar-refractivity contribution in [3.63, 3.8) is 0 Å². The molecule has 4 nitrogen and oxygen atoms in total. The minimum Gasteiger partial charge on any atom is -0.367 e. The summed E-state index contributed by atoms with van der Waals surface area (Å²) in [6.45, 7) is 1.51. The van der Waals surface area contributed by atoms with E-state index in [0.717, 1.165) is 38.4 Å². The predicted octanol–water partition coefficient (Wildman–Crippen LogP) is 1.25. The Hall–Kier alpha value is -0.160. The molecular formula is C12H21NO3. The van der Waals surface area contributed by atoms with Gasteiger partial charge in [0.2, 0.25) is 0 Å². The summed E-state index contributed by atoms with van der Waals surface area (Å²) in [6.07, 6.45) is 5.88. The van der Waals surface area contributed by atoms with Crippen molar-refractivity contribution in [1.29, 1.82) is 0 Å². The Balaban J connectivity index is 1.67. The summed E-state index contributed by atoms with van der Waals surface area (Å²) < 4.78 is 17.0. The van der Waals surface area contributed by atoms with E-state index in [-0.39, 0.29) is 12.0 Å². The van der Waals surface area contributed by atoms with Crippen molar-refractivity contribution in [2.45, 2.75) is 50.2 Å². The lowest BCUT2D eigenvalue weighted by molar-refractivity contribution is -0.195. The zero-order valence-corrected chi connectivity index (χ0v) is 9.91. The average molecular weight is 227 g/mol. The molecule has 0 aromatic carbocycles. The molecule has 0 radical (unpaired) electrons. The molecule has 1 aliphatic carbocycles. The third kappa shape index (κ3) is 1.88. The number of hydrogen-bond donors (Lipinski definition) is 1. The molecule has 0 bridgehead atoms. The monoisotopic (exact) mass is 227 g/mol. The zero-order valence-electron chi connectivity index (χ0n) is 9.91. The number of fused-ring (bicyclic) bond motifs is 1. The quantitative estimate of drug-likeness (QED) is 0.732. The van der Waals surface area contributed by atoms with Gasteiger partial charge in [0.15, 0.2) is 5.79 Å². The Morgan fingerprint density at radius 3 is 2.75 bits per heavy atom. The van der Waals surface area contributed by atoms with Gasteiger partial charge in [0, 0.05) is 26.0 Å². The molecule has 1 saturated carbocycles. The molecule has 2 saturated heterocycles. The van der Waals surface area contributed by atoms with Crippen LogP contribution in [-0.4, -0.2) is 38.4 Å². The van der Waals surface area contributed by atoms with Crippen LogP contribution in [0.5, 0.6) is 0 Å². The number of nitrogens with one attached hydrogen (secondary N) is 1. The van der Waals surface area contributed by atoms with Crippen LogP contribution < -0.4 is 5.32 Å². The van der Waals surface area contributed by atoms with Gasteiger partial charge < -0.3 is 14.2 Å². The number of rotatable bonds is 1. The van der Waals surface area contributed by atoms with E-state index in [1.807, 2.05) is 0 Å². The molecule has 3 atom stereocenters. The van der Waals surface area contributed by atoms with Crippen molar-refractivity contribution >= 4 is 0 Å². The summed E-state index contributed by atoms with van der Waals surface area (Å²) in [7, 11) is 1.78. The normalized spacial score (nSPS) is 42.2. The molecule has 1 N–H and O–H groups in total. The molecular weight excluding hydrogens is 206 g/mol. The van der Waals surface area contributed by atoms with Crippen LogP contribution in [0.1, 0.15) is 32.1 Å². The van der Waals surface area contributed by atoms with Crippen LogP contribution in [-0.2, 0) is 14.2 Å². The predicted molar refractivity (Wildman–Crippen MR) is 58.9 cm³/mol. The molecule has 4 heteroatoms. The van der Waals surface area contributed by atoms with Crippen LogP contribution in [0.2, 0.25) is 0 Å². The maximum atomic E-state index is 5.80. The van der Waals surface area contributed by atoms with Crippen LogP contribution in [0.4, 0.5) is 0 Å². The summed E-state index contributed by atoms with van der Waals surface area (Å²) in [5.41, 5.74) is 0. The van der Waals surface area contributed by atoms with Gasteiger partial charge in [-0.15, -0.1) is 0 Å². The standard InChI is InChI=1S/C12H21NO3/c1-14-11-3-2-9-4-5-12(8-10(9)13-11)15-6-7-16-12/h9-11,13H,2-8H2,1H3. The molecule has 2 heterocycles. The third-order valence-corrected chi connectivity index (χ3v) is 4.29. The van der Waals surface area contributed by atoms with Crippen molar-refractivity contribution in [2.24, 2.45) is 5.92 Å². The highest BCUT2D eigenvalue weighted by Gasteiger charge is 2.46. The Morgan fingerprint density at radius 2 is 2.00 bits per heavy atom. The Morgan fingerprint density at radius 1 is 1.19 bits per heavy atom. The van der Waals surface area contributed by atoms with Crippen molar-refractivity contribution in [1.82, 2.24) is 5.32 Å². The number of ether oxygens (including phenoxy) is 3. The van der Waals surface area contributed by atoms with Gasteiger partial charge in [-0.3, -0.25) is 5.32 Å². The van der Waals surface area contributed by atoms with Crippen molar-refractivity contribution < 1.29 is 14.2 Å². The summed E-state index contributed by atoms with van der Waals surface area (Å²) in [6, 6.07) is 0.505. The van der Waals surface area contributed by atoms with Crippen LogP contribution in [0.3, 0.4) is 0 Å². The number of piperidine rings is 1. The molecule has 3 aliphatic rings. The molecule has 0 aromatic heterocycles. The minimum atomic E-state index is -0.274. The van der Waals surface area contributed by atoms with Gasteiger partial charge in [-0.25, -0.2) is 0 Å². The van der Waals surface area contributed by atoms with E-state index in [1.165, 1.54) is 12.8 Å². The van der Waals surface area contributed by atoms with Crippen molar-refractivity contribution in [3.05, 3.63) is 0 Å². The molecule has 92 valence electrons. The SMILES string of the molecule is COC1CCC2CCC3(CC2N1)OCCO3. The molecule has 0 aromatic rings. The van der Waals surface area contributed by atoms with E-state index in [0.29, 0.717) is 6.04 Å². The summed E-state index contributed by atoms with van der Waals surface area (Å²) in [5.74, 6) is 0.508. The van der Waals surface area contributed by atoms with Crippen molar-refractivity contribution in [3.8, 4) is 0 Å². The summed E-state index contributed by atoms with van der Waals surface area (Å²) in [4.78, 5) is 0. The zero-order chi connectivity index (χ0) is 11.0. The Bertz CT molecular complexity index is 253. The second-order valence-corrected chi connectivity index (χ2v) is 5.19. The van der Waals surface area contributed by atoms with Crippen molar-refractivity contribution in [2.75, 3.05) is 20.3 Å². The molecule has 3 fully saturated rings. The molecule has 3 unspecified atom stereocenters. The Kier molecular flexibility index (Phi) is 2.92. The third-order valence-electron chi connectivity index (χ3n) is 4.29. The molecule has 0 amide bonds. The lowest BCUT2D eigenvalue weighted by Crippen LogP contribution is -2.55. The first-order chi connectivity index (χ1) is 7.81. The maximum absolute atomic E-state index is 5.80. The highest BCUT2D eigenvalue weighted by atomic mass is 16.7.